The minimum absolute atomic E-state index is 0.382. The molecule has 0 heterocycles. The topological polar surface area (TPSA) is 23.8 Å². The molecule has 102 valence electrons. The average Bonchev–Trinajstić information content (AvgIpc) is 2.37. The van der Waals surface area contributed by atoms with E-state index >= 15 is 0 Å². The maximum atomic E-state index is 12.8. The van der Waals surface area contributed by atoms with Crippen molar-refractivity contribution in [3.8, 4) is 6.07 Å². The number of hydrogen-bond acceptors (Lipinski definition) is 2. The Morgan fingerprint density at radius 3 is 2.35 bits per heavy atom. The van der Waals surface area contributed by atoms with Crippen molar-refractivity contribution in [3.63, 3.8) is 0 Å². The van der Waals surface area contributed by atoms with Gasteiger partial charge in [-0.05, 0) is 36.4 Å². The van der Waals surface area contributed by atoms with Crippen LogP contribution in [0.1, 0.15) is 11.1 Å². The van der Waals surface area contributed by atoms with Gasteiger partial charge < -0.3 is 0 Å². The van der Waals surface area contributed by atoms with Gasteiger partial charge in [0.05, 0.1) is 17.2 Å². The fourth-order valence-electron chi connectivity index (χ4n) is 1.59. The molecule has 0 unspecified atom stereocenters. The molecule has 0 fully saturated rings. The fourth-order valence-corrected chi connectivity index (χ4v) is 2.76. The van der Waals surface area contributed by atoms with Gasteiger partial charge in [-0.1, -0.05) is 29.4 Å². The lowest BCUT2D eigenvalue weighted by Gasteiger charge is -2.10. The monoisotopic (exact) mass is 313 g/mol. The number of nitrogens with zero attached hydrogens (tertiary/aromatic N) is 1. The molecule has 0 N–H and O–H groups in total. The van der Waals surface area contributed by atoms with Crippen LogP contribution in [-0.4, -0.2) is 0 Å². The Bertz CT molecular complexity index is 677. The van der Waals surface area contributed by atoms with Crippen molar-refractivity contribution in [2.24, 2.45) is 0 Å². The van der Waals surface area contributed by atoms with Gasteiger partial charge in [-0.3, -0.25) is 0 Å². The van der Waals surface area contributed by atoms with Gasteiger partial charge >= 0.3 is 6.18 Å². The summed E-state index contributed by atoms with van der Waals surface area (Å²) >= 11 is 6.98. The van der Waals surface area contributed by atoms with Crippen LogP contribution in [0.2, 0.25) is 5.02 Å². The molecular formula is C14H7ClF3NS. The molecule has 0 saturated carbocycles. The van der Waals surface area contributed by atoms with E-state index in [-0.39, 0.29) is 5.56 Å². The molecule has 0 radical (unpaired) electrons. The van der Waals surface area contributed by atoms with Gasteiger partial charge in [-0.2, -0.15) is 18.4 Å². The zero-order chi connectivity index (χ0) is 14.8. The number of rotatable bonds is 2. The molecule has 0 aromatic heterocycles. The summed E-state index contributed by atoms with van der Waals surface area (Å²) in [7, 11) is 0. The van der Waals surface area contributed by atoms with Crippen molar-refractivity contribution < 1.29 is 13.2 Å². The first-order chi connectivity index (χ1) is 9.40. The Labute approximate surface area is 123 Å². The number of benzene rings is 2. The molecule has 0 aliphatic heterocycles. The third-order valence-electron chi connectivity index (χ3n) is 2.45. The summed E-state index contributed by atoms with van der Waals surface area (Å²) in [5.74, 6) is 0. The first-order valence-corrected chi connectivity index (χ1v) is 6.64. The standard InChI is InChI=1S/C14H7ClF3NS/c15-10-2-1-3-11(6-10)20-12-5-4-9(8-19)13(7-12)14(16,17)18/h1-7H. The summed E-state index contributed by atoms with van der Waals surface area (Å²) in [6.07, 6.45) is -4.55. The van der Waals surface area contributed by atoms with Gasteiger partial charge in [0.25, 0.3) is 0 Å². The van der Waals surface area contributed by atoms with E-state index in [0.717, 1.165) is 22.7 Å². The molecule has 6 heteroatoms. The molecule has 1 nitrogen and oxygen atoms in total. The smallest absolute Gasteiger partial charge is 0.192 e. The summed E-state index contributed by atoms with van der Waals surface area (Å²) in [5.41, 5.74) is -1.31. The van der Waals surface area contributed by atoms with E-state index in [9.17, 15) is 13.2 Å². The summed E-state index contributed by atoms with van der Waals surface area (Å²) in [6.45, 7) is 0. The molecule has 0 aliphatic rings. The minimum Gasteiger partial charge on any atom is -0.192 e. The van der Waals surface area contributed by atoms with Crippen LogP contribution in [0.3, 0.4) is 0 Å². The molecule has 2 rings (SSSR count). The molecule has 20 heavy (non-hydrogen) atoms. The van der Waals surface area contributed by atoms with E-state index in [4.69, 9.17) is 16.9 Å². The summed E-state index contributed by atoms with van der Waals surface area (Å²) in [5, 5.41) is 9.24. The van der Waals surface area contributed by atoms with Gasteiger partial charge in [0.2, 0.25) is 0 Å². The SMILES string of the molecule is N#Cc1ccc(Sc2cccc(Cl)c2)cc1C(F)(F)F. The Morgan fingerprint density at radius 1 is 1.05 bits per heavy atom. The highest BCUT2D eigenvalue weighted by atomic mass is 35.5. The van der Waals surface area contributed by atoms with Crippen LogP contribution in [-0.2, 0) is 6.18 Å². The van der Waals surface area contributed by atoms with Crippen LogP contribution < -0.4 is 0 Å². The van der Waals surface area contributed by atoms with E-state index in [0.29, 0.717) is 9.92 Å². The lowest BCUT2D eigenvalue weighted by Crippen LogP contribution is -2.07. The molecule has 0 spiro atoms. The highest BCUT2D eigenvalue weighted by molar-refractivity contribution is 7.99. The quantitative estimate of drug-likeness (QED) is 0.743. The van der Waals surface area contributed by atoms with Crippen molar-refractivity contribution >= 4 is 23.4 Å². The largest absolute Gasteiger partial charge is 0.417 e. The molecule has 2 aromatic rings. The Morgan fingerprint density at radius 2 is 1.75 bits per heavy atom. The maximum Gasteiger partial charge on any atom is 0.417 e. The summed E-state index contributed by atoms with van der Waals surface area (Å²) < 4.78 is 38.5. The molecule has 0 bridgehead atoms. The van der Waals surface area contributed by atoms with Crippen LogP contribution in [0.4, 0.5) is 13.2 Å². The summed E-state index contributed by atoms with van der Waals surface area (Å²) in [4.78, 5) is 1.13. The van der Waals surface area contributed by atoms with Crippen LogP contribution in [0.5, 0.6) is 0 Å². The molecule has 0 saturated heterocycles. The first-order valence-electron chi connectivity index (χ1n) is 5.45. The first kappa shape index (κ1) is 14.8. The van der Waals surface area contributed by atoms with E-state index in [2.05, 4.69) is 0 Å². The second kappa shape index (κ2) is 5.78. The molecule has 0 amide bonds. The lowest BCUT2D eigenvalue weighted by molar-refractivity contribution is -0.137. The van der Waals surface area contributed by atoms with E-state index < -0.39 is 11.7 Å². The van der Waals surface area contributed by atoms with Crippen LogP contribution in [0, 0.1) is 11.3 Å². The third kappa shape index (κ3) is 3.47. The Balaban J connectivity index is 2.37. The van der Waals surface area contributed by atoms with Gasteiger partial charge in [0, 0.05) is 14.8 Å². The zero-order valence-corrected chi connectivity index (χ0v) is 11.5. The van der Waals surface area contributed by atoms with Crippen LogP contribution in [0.25, 0.3) is 0 Å². The van der Waals surface area contributed by atoms with Crippen molar-refractivity contribution in [1.82, 2.24) is 0 Å². The maximum absolute atomic E-state index is 12.8. The minimum atomic E-state index is -4.55. The fraction of sp³-hybridized carbons (Fsp3) is 0.0714. The van der Waals surface area contributed by atoms with Crippen molar-refractivity contribution in [2.75, 3.05) is 0 Å². The zero-order valence-electron chi connectivity index (χ0n) is 9.91. The van der Waals surface area contributed by atoms with E-state index in [1.54, 1.807) is 30.3 Å². The third-order valence-corrected chi connectivity index (χ3v) is 3.66. The van der Waals surface area contributed by atoms with Gasteiger partial charge in [0.1, 0.15) is 0 Å². The van der Waals surface area contributed by atoms with Crippen LogP contribution in [0.15, 0.2) is 52.3 Å². The predicted octanol–water partition coefficient (Wildman–Crippen LogP) is 5.38. The average molecular weight is 314 g/mol. The summed E-state index contributed by atoms with van der Waals surface area (Å²) in [6, 6.07) is 12.0. The normalized spacial score (nSPS) is 11.2. The van der Waals surface area contributed by atoms with Crippen LogP contribution >= 0.6 is 23.4 Å². The van der Waals surface area contributed by atoms with Crippen molar-refractivity contribution in [2.45, 2.75) is 16.0 Å². The van der Waals surface area contributed by atoms with Crippen molar-refractivity contribution in [3.05, 3.63) is 58.6 Å². The Kier molecular flexibility index (Phi) is 4.26. The molecule has 0 atom stereocenters. The number of nitriles is 1. The molecule has 2 aromatic carbocycles. The van der Waals surface area contributed by atoms with Gasteiger partial charge in [-0.15, -0.1) is 0 Å². The molecule has 0 aliphatic carbocycles. The second-order valence-electron chi connectivity index (χ2n) is 3.88. The van der Waals surface area contributed by atoms with E-state index in [1.165, 1.54) is 12.1 Å². The van der Waals surface area contributed by atoms with E-state index in [1.807, 2.05) is 0 Å². The molecular weight excluding hydrogens is 307 g/mol. The number of halogens is 4. The van der Waals surface area contributed by atoms with Gasteiger partial charge in [0.15, 0.2) is 0 Å². The second-order valence-corrected chi connectivity index (χ2v) is 5.46. The lowest BCUT2D eigenvalue weighted by atomic mass is 10.1. The van der Waals surface area contributed by atoms with Crippen molar-refractivity contribution in [1.29, 1.82) is 5.26 Å². The highest BCUT2D eigenvalue weighted by Crippen LogP contribution is 2.36. The number of hydrogen-bond donors (Lipinski definition) is 0. The number of alkyl halides is 3. The van der Waals surface area contributed by atoms with Gasteiger partial charge in [-0.25, -0.2) is 0 Å². The predicted molar refractivity (Wildman–Crippen MR) is 71.7 cm³/mol. The Hall–Kier alpha value is -1.64. The highest BCUT2D eigenvalue weighted by Gasteiger charge is 2.33.